The van der Waals surface area contributed by atoms with Crippen LogP contribution in [0.3, 0.4) is 0 Å². The van der Waals surface area contributed by atoms with Gasteiger partial charge in [0, 0.05) is 11.2 Å². The number of hydrogen-bond donors (Lipinski definition) is 1. The standard InChI is InChI=1S/C6H11Br2Cl2O4P/c1-4(7)6(8)14-15(11,12)13-3-2-5(9)10/h4-6H,2-3H2,1H3,(H,11,12). The van der Waals surface area contributed by atoms with Crippen molar-refractivity contribution in [3.63, 3.8) is 0 Å². The predicted octanol–water partition coefficient (Wildman–Crippen LogP) is 3.82. The fourth-order valence-electron chi connectivity index (χ4n) is 0.499. The van der Waals surface area contributed by atoms with Gasteiger partial charge in [0.1, 0.15) is 9.85 Å². The van der Waals surface area contributed by atoms with Crippen LogP contribution in [0.25, 0.3) is 0 Å². The van der Waals surface area contributed by atoms with Crippen molar-refractivity contribution < 1.29 is 18.5 Å². The third-order valence-electron chi connectivity index (χ3n) is 1.19. The molecule has 15 heavy (non-hydrogen) atoms. The summed E-state index contributed by atoms with van der Waals surface area (Å²) in [5.74, 6) is 0. The topological polar surface area (TPSA) is 55.8 Å². The summed E-state index contributed by atoms with van der Waals surface area (Å²) in [6, 6.07) is 0. The second kappa shape index (κ2) is 7.88. The summed E-state index contributed by atoms with van der Waals surface area (Å²) in [6.07, 6.45) is 0.258. The van der Waals surface area contributed by atoms with Crippen molar-refractivity contribution in [2.24, 2.45) is 0 Å². The molecular weight excluding hydrogens is 398 g/mol. The van der Waals surface area contributed by atoms with Crippen molar-refractivity contribution in [2.45, 2.75) is 28.0 Å². The predicted molar refractivity (Wildman–Crippen MR) is 68.1 cm³/mol. The van der Waals surface area contributed by atoms with E-state index in [0.29, 0.717) is 0 Å². The van der Waals surface area contributed by atoms with Crippen LogP contribution in [0, 0.1) is 0 Å². The number of hydrogen-bond acceptors (Lipinski definition) is 3. The van der Waals surface area contributed by atoms with Gasteiger partial charge >= 0.3 is 7.82 Å². The van der Waals surface area contributed by atoms with Gasteiger partial charge in [0.15, 0.2) is 0 Å². The van der Waals surface area contributed by atoms with E-state index in [0.717, 1.165) is 0 Å². The maximum absolute atomic E-state index is 11.3. The molecule has 0 aromatic rings. The molecule has 0 aliphatic rings. The van der Waals surface area contributed by atoms with E-state index in [1.54, 1.807) is 6.92 Å². The van der Waals surface area contributed by atoms with Crippen LogP contribution in [0.4, 0.5) is 0 Å². The molecule has 1 N–H and O–H groups in total. The summed E-state index contributed by atoms with van der Waals surface area (Å²) in [5.41, 5.74) is 0. The Kier molecular flexibility index (Phi) is 8.74. The smallest absolute Gasteiger partial charge is 0.302 e. The van der Waals surface area contributed by atoms with Crippen molar-refractivity contribution in [1.82, 2.24) is 0 Å². The first kappa shape index (κ1) is 16.6. The lowest BCUT2D eigenvalue weighted by molar-refractivity contribution is 0.142. The van der Waals surface area contributed by atoms with E-state index < -0.39 is 17.7 Å². The molecule has 9 heteroatoms. The Morgan fingerprint density at radius 1 is 1.47 bits per heavy atom. The summed E-state index contributed by atoms with van der Waals surface area (Å²) < 4.78 is 20.7. The van der Waals surface area contributed by atoms with Crippen molar-refractivity contribution in [3.05, 3.63) is 0 Å². The van der Waals surface area contributed by atoms with E-state index in [4.69, 9.17) is 27.7 Å². The molecule has 0 spiro atoms. The Morgan fingerprint density at radius 3 is 2.40 bits per heavy atom. The third kappa shape index (κ3) is 9.36. The summed E-state index contributed by atoms with van der Waals surface area (Å²) in [6.45, 7) is 1.72. The molecule has 0 aliphatic heterocycles. The van der Waals surface area contributed by atoms with Gasteiger partial charge in [0.2, 0.25) is 0 Å². The van der Waals surface area contributed by atoms with Crippen molar-refractivity contribution in [1.29, 1.82) is 0 Å². The Hall–Kier alpha value is 1.65. The van der Waals surface area contributed by atoms with Crippen LogP contribution < -0.4 is 0 Å². The highest BCUT2D eigenvalue weighted by Crippen LogP contribution is 2.46. The van der Waals surface area contributed by atoms with E-state index in [1.807, 2.05) is 0 Å². The number of rotatable bonds is 7. The molecule has 3 atom stereocenters. The SMILES string of the molecule is CC(Br)C(Br)OP(=O)(O)OCCC(Cl)Cl. The minimum absolute atomic E-state index is 0.0399. The Morgan fingerprint density at radius 2 is 2.00 bits per heavy atom. The summed E-state index contributed by atoms with van der Waals surface area (Å²) in [4.78, 5) is 8.47. The zero-order chi connectivity index (χ0) is 12.1. The van der Waals surface area contributed by atoms with Gasteiger partial charge in [0.25, 0.3) is 0 Å². The van der Waals surface area contributed by atoms with Gasteiger partial charge in [-0.1, -0.05) is 31.9 Å². The fraction of sp³-hybridized carbons (Fsp3) is 1.00. The second-order valence-corrected chi connectivity index (χ2v) is 7.65. The average molecular weight is 409 g/mol. The normalized spacial score (nSPS) is 19.9. The van der Waals surface area contributed by atoms with Gasteiger partial charge in [-0.2, -0.15) is 0 Å². The molecule has 0 saturated heterocycles. The zero-order valence-electron chi connectivity index (χ0n) is 7.78. The van der Waals surface area contributed by atoms with Crippen LogP contribution in [-0.2, 0) is 13.6 Å². The van der Waals surface area contributed by atoms with Crippen molar-refractivity contribution in [2.75, 3.05) is 6.61 Å². The molecule has 0 heterocycles. The van der Waals surface area contributed by atoms with Gasteiger partial charge < -0.3 is 4.89 Å². The number of alkyl halides is 4. The van der Waals surface area contributed by atoms with Crippen LogP contribution >= 0.6 is 62.9 Å². The average Bonchev–Trinajstić information content (AvgIpc) is 2.01. The lowest BCUT2D eigenvalue weighted by Gasteiger charge is -2.17. The number of phosphoric ester groups is 1. The first-order valence-corrected chi connectivity index (χ1v) is 8.16. The first-order valence-electron chi connectivity index (χ1n) is 3.96. The quantitative estimate of drug-likeness (QED) is 0.514. The van der Waals surface area contributed by atoms with E-state index in [1.165, 1.54) is 0 Å². The molecule has 92 valence electrons. The molecule has 3 unspecified atom stereocenters. The molecule has 4 nitrogen and oxygen atoms in total. The largest absolute Gasteiger partial charge is 0.473 e. The molecule has 0 saturated carbocycles. The van der Waals surface area contributed by atoms with Crippen molar-refractivity contribution in [3.8, 4) is 0 Å². The highest BCUT2D eigenvalue weighted by atomic mass is 79.9. The van der Waals surface area contributed by atoms with Crippen LogP contribution in [0.2, 0.25) is 0 Å². The molecule has 0 bridgehead atoms. The maximum Gasteiger partial charge on any atom is 0.473 e. The summed E-state index contributed by atoms with van der Waals surface area (Å²) in [7, 11) is -4.05. The molecule has 0 amide bonds. The van der Waals surface area contributed by atoms with Gasteiger partial charge in [-0.05, 0) is 6.92 Å². The highest BCUT2D eigenvalue weighted by molar-refractivity contribution is 9.12. The lowest BCUT2D eigenvalue weighted by atomic mass is 10.5. The zero-order valence-corrected chi connectivity index (χ0v) is 13.4. The molecular formula is C6H11Br2Cl2O4P. The molecule has 0 aromatic heterocycles. The van der Waals surface area contributed by atoms with E-state index in [9.17, 15) is 9.46 Å². The Balaban J connectivity index is 3.91. The molecule has 0 aromatic carbocycles. The van der Waals surface area contributed by atoms with E-state index in [2.05, 4.69) is 36.4 Å². The minimum Gasteiger partial charge on any atom is -0.302 e. The minimum atomic E-state index is -4.05. The maximum atomic E-state index is 11.3. The van der Waals surface area contributed by atoms with Gasteiger partial charge in [-0.15, -0.1) is 23.2 Å². The van der Waals surface area contributed by atoms with Crippen LogP contribution in [0.5, 0.6) is 0 Å². The molecule has 0 rings (SSSR count). The lowest BCUT2D eigenvalue weighted by Crippen LogP contribution is -2.14. The molecule has 0 radical (unpaired) electrons. The number of phosphoric acid groups is 1. The van der Waals surface area contributed by atoms with Crippen LogP contribution in [-0.4, -0.2) is 26.2 Å². The van der Waals surface area contributed by atoms with E-state index in [-0.39, 0.29) is 17.9 Å². The molecule has 0 aliphatic carbocycles. The number of halogens is 4. The fourth-order valence-corrected chi connectivity index (χ4v) is 2.42. The Bertz CT molecular complexity index is 229. The van der Waals surface area contributed by atoms with Gasteiger partial charge in [0.05, 0.1) is 6.61 Å². The van der Waals surface area contributed by atoms with Gasteiger partial charge in [-0.25, -0.2) is 4.57 Å². The second-order valence-electron chi connectivity index (χ2n) is 2.62. The van der Waals surface area contributed by atoms with E-state index >= 15 is 0 Å². The monoisotopic (exact) mass is 406 g/mol. The molecule has 0 fully saturated rings. The van der Waals surface area contributed by atoms with Crippen LogP contribution in [0.15, 0.2) is 0 Å². The first-order chi connectivity index (χ1) is 6.74. The third-order valence-corrected chi connectivity index (χ3v) is 5.08. The van der Waals surface area contributed by atoms with Crippen LogP contribution in [0.1, 0.15) is 13.3 Å². The Labute approximate surface area is 115 Å². The van der Waals surface area contributed by atoms with Crippen molar-refractivity contribution >= 4 is 62.9 Å². The summed E-state index contributed by atoms with van der Waals surface area (Å²) >= 11 is 17.1. The van der Waals surface area contributed by atoms with Gasteiger partial charge in [-0.3, -0.25) is 9.05 Å². The highest BCUT2D eigenvalue weighted by Gasteiger charge is 2.27. The summed E-state index contributed by atoms with van der Waals surface area (Å²) in [5, 5.41) is -0.615.